The molecule has 0 heterocycles. The molecule has 0 amide bonds. The van der Waals surface area contributed by atoms with E-state index in [1.807, 2.05) is 0 Å². The molecule has 0 saturated carbocycles. The van der Waals surface area contributed by atoms with Crippen molar-refractivity contribution in [1.29, 1.82) is 0 Å². The van der Waals surface area contributed by atoms with E-state index in [0.29, 0.717) is 0 Å². The van der Waals surface area contributed by atoms with Gasteiger partial charge in [-0.15, -0.1) is 6.42 Å². The summed E-state index contributed by atoms with van der Waals surface area (Å²) in [5.74, 6) is 1.95. The van der Waals surface area contributed by atoms with Gasteiger partial charge in [-0.2, -0.15) is 8.42 Å². The van der Waals surface area contributed by atoms with Crippen LogP contribution >= 0.6 is 0 Å². The molecule has 0 rings (SSSR count). The topological polar surface area (TPSA) is 63.6 Å². The van der Waals surface area contributed by atoms with E-state index in [9.17, 15) is 8.42 Å². The summed E-state index contributed by atoms with van der Waals surface area (Å²) in [5, 5.41) is 0. The fourth-order valence-corrected chi connectivity index (χ4v) is 0.957. The van der Waals surface area contributed by atoms with E-state index in [4.69, 9.17) is 15.7 Å². The van der Waals surface area contributed by atoms with Crippen LogP contribution < -0.4 is 29.6 Å². The molecule has 0 aromatic heterocycles. The fraction of sp³-hybridized carbons (Fsp3) is 0.667. The Balaban J connectivity index is -0.000000500. The van der Waals surface area contributed by atoms with E-state index in [2.05, 4.69) is 5.92 Å². The molecule has 0 unspecified atom stereocenters. The van der Waals surface area contributed by atoms with Gasteiger partial charge in [0.15, 0.2) is 0 Å². The molecule has 12 heavy (non-hydrogen) atoms. The number of terminal acetylenes is 1. The van der Waals surface area contributed by atoms with E-state index in [1.54, 1.807) is 0 Å². The fourth-order valence-electron chi connectivity index (χ4n) is 0.474. The molecule has 0 radical (unpaired) electrons. The third kappa shape index (κ3) is 13.1. The second-order valence-electron chi connectivity index (χ2n) is 1.90. The molecule has 0 aromatic rings. The number of hydrogen-bond acceptors (Lipinski definition) is 3. The van der Waals surface area contributed by atoms with Crippen LogP contribution in [0.5, 0.6) is 0 Å². The Kier molecular flexibility index (Phi) is 10.0. The van der Waals surface area contributed by atoms with Gasteiger partial charge in [-0.25, -0.2) is 0 Å². The van der Waals surface area contributed by atoms with E-state index in [1.165, 1.54) is 0 Å². The van der Waals surface area contributed by atoms with Crippen LogP contribution in [-0.2, 0) is 14.9 Å². The largest absolute Gasteiger partial charge is 1.00 e. The molecule has 4 nitrogen and oxygen atoms in total. The SMILES string of the molecule is C#CCOCCCS(=O)(=O)O.[H-].[Na+]. The first-order valence-electron chi connectivity index (χ1n) is 3.02. The van der Waals surface area contributed by atoms with Gasteiger partial charge in [0.25, 0.3) is 10.1 Å². The molecule has 6 heteroatoms. The van der Waals surface area contributed by atoms with Crippen molar-refractivity contribution < 1.29 is 48.7 Å². The van der Waals surface area contributed by atoms with Gasteiger partial charge in [0.1, 0.15) is 6.61 Å². The van der Waals surface area contributed by atoms with E-state index < -0.39 is 10.1 Å². The Labute approximate surface area is 96.2 Å². The van der Waals surface area contributed by atoms with Gasteiger partial charge in [-0.1, -0.05) is 5.92 Å². The van der Waals surface area contributed by atoms with Crippen LogP contribution in [0.25, 0.3) is 0 Å². The van der Waals surface area contributed by atoms with Crippen LogP contribution in [0.1, 0.15) is 7.85 Å². The molecule has 0 fully saturated rings. The Morgan fingerprint density at radius 3 is 2.58 bits per heavy atom. The first-order chi connectivity index (χ1) is 5.06. The molecular formula is C6H11NaO4S. The van der Waals surface area contributed by atoms with Gasteiger partial charge >= 0.3 is 29.6 Å². The first kappa shape index (κ1) is 14.9. The molecule has 1 N–H and O–H groups in total. The predicted octanol–water partition coefficient (Wildman–Crippen LogP) is -2.97. The van der Waals surface area contributed by atoms with Crippen molar-refractivity contribution in [3.63, 3.8) is 0 Å². The van der Waals surface area contributed by atoms with Crippen molar-refractivity contribution >= 4 is 10.1 Å². The van der Waals surface area contributed by atoms with Crippen LogP contribution in [0.3, 0.4) is 0 Å². The zero-order valence-electron chi connectivity index (χ0n) is 7.99. The van der Waals surface area contributed by atoms with Crippen LogP contribution in [0.4, 0.5) is 0 Å². The second kappa shape index (κ2) is 8.05. The van der Waals surface area contributed by atoms with Gasteiger partial charge < -0.3 is 6.16 Å². The van der Waals surface area contributed by atoms with Crippen LogP contribution in [0.2, 0.25) is 0 Å². The van der Waals surface area contributed by atoms with Crippen molar-refractivity contribution in [2.75, 3.05) is 19.0 Å². The van der Waals surface area contributed by atoms with E-state index in [-0.39, 0.29) is 56.4 Å². The molecular weight excluding hydrogens is 191 g/mol. The van der Waals surface area contributed by atoms with Gasteiger partial charge in [0, 0.05) is 6.61 Å². The maximum absolute atomic E-state index is 10.1. The molecule has 0 atom stereocenters. The number of ether oxygens (including phenoxy) is 1. The quantitative estimate of drug-likeness (QED) is 0.224. The predicted molar refractivity (Wildman–Crippen MR) is 41.8 cm³/mol. The molecule has 0 saturated heterocycles. The Morgan fingerprint density at radius 1 is 1.58 bits per heavy atom. The van der Waals surface area contributed by atoms with Crippen LogP contribution in [-0.4, -0.2) is 31.9 Å². The van der Waals surface area contributed by atoms with Crippen LogP contribution in [0.15, 0.2) is 0 Å². The zero-order chi connectivity index (χ0) is 8.74. The third-order valence-electron chi connectivity index (χ3n) is 0.876. The van der Waals surface area contributed by atoms with Crippen molar-refractivity contribution in [1.82, 2.24) is 0 Å². The first-order valence-corrected chi connectivity index (χ1v) is 4.63. The molecule has 0 spiro atoms. The Hall–Kier alpha value is 0.430. The minimum Gasteiger partial charge on any atom is -1.00 e. The minimum atomic E-state index is -3.84. The van der Waals surface area contributed by atoms with Crippen molar-refractivity contribution in [3.8, 4) is 12.3 Å². The maximum atomic E-state index is 10.1. The summed E-state index contributed by atoms with van der Waals surface area (Å²) >= 11 is 0. The third-order valence-corrected chi connectivity index (χ3v) is 1.68. The molecule has 0 aromatic carbocycles. The summed E-state index contributed by atoms with van der Waals surface area (Å²) in [6.07, 6.45) is 5.12. The summed E-state index contributed by atoms with van der Waals surface area (Å²) in [7, 11) is -3.84. The monoisotopic (exact) mass is 202 g/mol. The number of rotatable bonds is 5. The summed E-state index contributed by atoms with van der Waals surface area (Å²) < 4.78 is 33.3. The summed E-state index contributed by atoms with van der Waals surface area (Å²) in [5.41, 5.74) is 0. The van der Waals surface area contributed by atoms with Crippen LogP contribution in [0, 0.1) is 12.3 Å². The summed E-state index contributed by atoms with van der Waals surface area (Å²) in [6.45, 7) is 0.426. The average molecular weight is 202 g/mol. The summed E-state index contributed by atoms with van der Waals surface area (Å²) in [4.78, 5) is 0. The van der Waals surface area contributed by atoms with E-state index in [0.717, 1.165) is 0 Å². The standard InChI is InChI=1S/C6H10O4S.Na.H/c1-2-4-10-5-3-6-11(7,8)9;;/h1H,3-6H2,(H,7,8,9);;/q;+1;-1. The minimum absolute atomic E-state index is 0. The molecule has 0 bridgehead atoms. The van der Waals surface area contributed by atoms with Gasteiger partial charge in [0.2, 0.25) is 0 Å². The van der Waals surface area contributed by atoms with Gasteiger partial charge in [-0.3, -0.25) is 4.55 Å². The van der Waals surface area contributed by atoms with Crippen molar-refractivity contribution in [2.45, 2.75) is 6.42 Å². The van der Waals surface area contributed by atoms with Gasteiger partial charge in [0.05, 0.1) is 5.75 Å². The molecule has 66 valence electrons. The molecule has 0 aliphatic carbocycles. The zero-order valence-corrected chi connectivity index (χ0v) is 9.80. The van der Waals surface area contributed by atoms with Gasteiger partial charge in [-0.05, 0) is 6.42 Å². The van der Waals surface area contributed by atoms with Crippen molar-refractivity contribution in [2.24, 2.45) is 0 Å². The second-order valence-corrected chi connectivity index (χ2v) is 3.47. The average Bonchev–Trinajstić information content (AvgIpc) is 1.85. The molecule has 0 aliphatic heterocycles. The van der Waals surface area contributed by atoms with Crippen molar-refractivity contribution in [3.05, 3.63) is 0 Å². The van der Waals surface area contributed by atoms with E-state index >= 15 is 0 Å². The summed E-state index contributed by atoms with van der Waals surface area (Å²) in [6, 6.07) is 0. The Morgan fingerprint density at radius 2 is 2.17 bits per heavy atom. The number of hydrogen-bond donors (Lipinski definition) is 1. The molecule has 0 aliphatic rings. The Bertz CT molecular complexity index is 234. The smallest absolute Gasteiger partial charge is 1.00 e. The normalized spacial score (nSPS) is 10.0. The maximum Gasteiger partial charge on any atom is 1.00 e.